The summed E-state index contributed by atoms with van der Waals surface area (Å²) in [5.74, 6) is -0.289. The van der Waals surface area contributed by atoms with E-state index in [-0.39, 0.29) is 30.4 Å². The number of halogens is 2. The van der Waals surface area contributed by atoms with Crippen molar-refractivity contribution in [3.8, 4) is 0 Å². The SMILES string of the molecule is O=C(c1csc(Cc2c(Cl)cccc2Cl)n1)N(Cc1cccnc1)Cc1cccc([N+](=O)[O-])c1. The number of rotatable bonds is 8. The van der Waals surface area contributed by atoms with Gasteiger partial charge in [0.25, 0.3) is 11.6 Å². The molecule has 1 amide bonds. The highest BCUT2D eigenvalue weighted by Gasteiger charge is 2.21. The number of thiazole rings is 1. The van der Waals surface area contributed by atoms with Crippen molar-refractivity contribution in [1.82, 2.24) is 14.9 Å². The van der Waals surface area contributed by atoms with Crippen LogP contribution in [-0.2, 0) is 19.5 Å². The van der Waals surface area contributed by atoms with Crippen LogP contribution < -0.4 is 0 Å². The Morgan fingerprint density at radius 2 is 1.74 bits per heavy atom. The number of benzene rings is 2. The Kier molecular flexibility index (Phi) is 7.52. The monoisotopic (exact) mass is 512 g/mol. The highest BCUT2D eigenvalue weighted by atomic mass is 35.5. The van der Waals surface area contributed by atoms with Crippen LogP contribution in [0.15, 0.2) is 72.4 Å². The third-order valence-corrected chi connectivity index (χ3v) is 6.60. The zero-order chi connectivity index (χ0) is 24.1. The summed E-state index contributed by atoms with van der Waals surface area (Å²) in [6.07, 6.45) is 3.74. The summed E-state index contributed by atoms with van der Waals surface area (Å²) in [6, 6.07) is 15.2. The third kappa shape index (κ3) is 5.77. The van der Waals surface area contributed by atoms with Crippen LogP contribution in [0.5, 0.6) is 0 Å². The first-order valence-corrected chi connectivity index (χ1v) is 11.8. The summed E-state index contributed by atoms with van der Waals surface area (Å²) in [4.78, 5) is 34.4. The van der Waals surface area contributed by atoms with Crippen molar-refractivity contribution in [3.63, 3.8) is 0 Å². The molecule has 0 saturated heterocycles. The van der Waals surface area contributed by atoms with Crippen LogP contribution >= 0.6 is 34.5 Å². The molecule has 0 aliphatic heterocycles. The van der Waals surface area contributed by atoms with Gasteiger partial charge in [0.2, 0.25) is 0 Å². The molecule has 0 aliphatic carbocycles. The summed E-state index contributed by atoms with van der Waals surface area (Å²) in [7, 11) is 0. The second-order valence-electron chi connectivity index (χ2n) is 7.45. The zero-order valence-corrected chi connectivity index (χ0v) is 20.1. The normalized spacial score (nSPS) is 10.8. The number of nitro groups is 1. The molecule has 4 rings (SSSR count). The molecule has 34 heavy (non-hydrogen) atoms. The van der Waals surface area contributed by atoms with Gasteiger partial charge in [0.1, 0.15) is 5.69 Å². The van der Waals surface area contributed by atoms with Crippen LogP contribution in [0.3, 0.4) is 0 Å². The van der Waals surface area contributed by atoms with Gasteiger partial charge in [0, 0.05) is 59.5 Å². The van der Waals surface area contributed by atoms with Crippen molar-refractivity contribution in [2.24, 2.45) is 0 Å². The number of nitro benzene ring substituents is 1. The van der Waals surface area contributed by atoms with Crippen LogP contribution in [0.1, 0.15) is 32.2 Å². The molecule has 0 aliphatic rings. The molecule has 2 aromatic heterocycles. The number of amides is 1. The molecule has 4 aromatic rings. The largest absolute Gasteiger partial charge is 0.329 e. The molecule has 0 radical (unpaired) electrons. The van der Waals surface area contributed by atoms with Crippen LogP contribution in [0.2, 0.25) is 10.0 Å². The number of non-ortho nitro benzene ring substituents is 1. The van der Waals surface area contributed by atoms with Gasteiger partial charge >= 0.3 is 0 Å². The molecule has 0 spiro atoms. The lowest BCUT2D eigenvalue weighted by Gasteiger charge is -2.22. The van der Waals surface area contributed by atoms with E-state index in [2.05, 4.69) is 9.97 Å². The Bertz CT molecular complexity index is 1310. The topological polar surface area (TPSA) is 89.2 Å². The van der Waals surface area contributed by atoms with Crippen LogP contribution in [-0.4, -0.2) is 25.7 Å². The number of hydrogen-bond acceptors (Lipinski definition) is 6. The first kappa shape index (κ1) is 23.8. The highest BCUT2D eigenvalue weighted by molar-refractivity contribution is 7.09. The number of pyridine rings is 1. The van der Waals surface area contributed by atoms with E-state index in [4.69, 9.17) is 23.2 Å². The summed E-state index contributed by atoms with van der Waals surface area (Å²) in [5.41, 5.74) is 2.49. The van der Waals surface area contributed by atoms with Crippen molar-refractivity contribution in [3.05, 3.63) is 120 Å². The van der Waals surface area contributed by atoms with E-state index in [9.17, 15) is 14.9 Å². The Hall–Kier alpha value is -3.33. The Morgan fingerprint density at radius 3 is 2.44 bits per heavy atom. The van der Waals surface area contributed by atoms with Gasteiger partial charge in [-0.15, -0.1) is 11.3 Å². The molecule has 0 saturated carbocycles. The summed E-state index contributed by atoms with van der Waals surface area (Å²) in [6.45, 7) is 0.456. The van der Waals surface area contributed by atoms with Gasteiger partial charge in [-0.2, -0.15) is 0 Å². The minimum Gasteiger partial charge on any atom is -0.329 e. The minimum atomic E-state index is -0.455. The van der Waals surface area contributed by atoms with Gasteiger partial charge < -0.3 is 4.90 Å². The second kappa shape index (κ2) is 10.7. The fourth-order valence-electron chi connectivity index (χ4n) is 3.41. The molecule has 0 bridgehead atoms. The van der Waals surface area contributed by atoms with Gasteiger partial charge in [0.15, 0.2) is 0 Å². The molecule has 172 valence electrons. The molecule has 0 unspecified atom stereocenters. The number of aromatic nitrogens is 2. The minimum absolute atomic E-state index is 0.0289. The zero-order valence-electron chi connectivity index (χ0n) is 17.7. The van der Waals surface area contributed by atoms with Crippen molar-refractivity contribution in [2.75, 3.05) is 0 Å². The number of nitrogens with zero attached hydrogens (tertiary/aromatic N) is 4. The van der Waals surface area contributed by atoms with Gasteiger partial charge in [0.05, 0.1) is 9.93 Å². The summed E-state index contributed by atoms with van der Waals surface area (Å²) < 4.78 is 0. The Morgan fingerprint density at radius 1 is 1.03 bits per heavy atom. The highest BCUT2D eigenvalue weighted by Crippen LogP contribution is 2.28. The number of carbonyl (C=O) groups is 1. The molecule has 0 atom stereocenters. The van der Waals surface area contributed by atoms with Gasteiger partial charge in [-0.1, -0.05) is 47.5 Å². The quantitative estimate of drug-likeness (QED) is 0.207. The van der Waals surface area contributed by atoms with Crippen LogP contribution in [0.25, 0.3) is 0 Å². The molecular weight excluding hydrogens is 495 g/mol. The number of hydrogen-bond donors (Lipinski definition) is 0. The van der Waals surface area contributed by atoms with Crippen LogP contribution in [0, 0.1) is 10.1 Å². The van der Waals surface area contributed by atoms with E-state index < -0.39 is 4.92 Å². The number of carbonyl (C=O) groups excluding carboxylic acids is 1. The smallest absolute Gasteiger partial charge is 0.273 e. The first-order valence-electron chi connectivity index (χ1n) is 10.2. The molecule has 0 N–H and O–H groups in total. The maximum atomic E-state index is 13.4. The van der Waals surface area contributed by atoms with E-state index in [1.54, 1.807) is 59.1 Å². The Labute approximate surface area is 209 Å². The molecular formula is C24H18Cl2N4O3S. The molecule has 7 nitrogen and oxygen atoms in total. The molecule has 10 heteroatoms. The van der Waals surface area contributed by atoms with E-state index in [0.29, 0.717) is 27.0 Å². The molecule has 2 heterocycles. The maximum Gasteiger partial charge on any atom is 0.273 e. The Balaban J connectivity index is 1.59. The maximum absolute atomic E-state index is 13.4. The molecule has 0 fully saturated rings. The summed E-state index contributed by atoms with van der Waals surface area (Å²) >= 11 is 13.9. The fourth-order valence-corrected chi connectivity index (χ4v) is 4.72. The van der Waals surface area contributed by atoms with Gasteiger partial charge in [-0.05, 0) is 34.9 Å². The van der Waals surface area contributed by atoms with E-state index in [0.717, 1.165) is 11.1 Å². The van der Waals surface area contributed by atoms with E-state index >= 15 is 0 Å². The predicted octanol–water partition coefficient (Wildman–Crippen LogP) is 6.19. The fraction of sp³-hybridized carbons (Fsp3) is 0.125. The van der Waals surface area contributed by atoms with Crippen molar-refractivity contribution >= 4 is 46.1 Å². The summed E-state index contributed by atoms with van der Waals surface area (Å²) in [5, 5.41) is 14.7. The van der Waals surface area contributed by atoms with Crippen molar-refractivity contribution < 1.29 is 9.72 Å². The molecule has 2 aromatic carbocycles. The van der Waals surface area contributed by atoms with Gasteiger partial charge in [-0.25, -0.2) is 4.98 Å². The average Bonchev–Trinajstić information content (AvgIpc) is 3.30. The third-order valence-electron chi connectivity index (χ3n) is 5.04. The van der Waals surface area contributed by atoms with Crippen molar-refractivity contribution in [2.45, 2.75) is 19.5 Å². The van der Waals surface area contributed by atoms with Gasteiger partial charge in [-0.3, -0.25) is 19.9 Å². The van der Waals surface area contributed by atoms with E-state index in [1.807, 2.05) is 6.07 Å². The van der Waals surface area contributed by atoms with Crippen molar-refractivity contribution in [1.29, 1.82) is 0 Å². The lowest BCUT2D eigenvalue weighted by atomic mass is 10.1. The first-order chi connectivity index (χ1) is 16.4. The van der Waals surface area contributed by atoms with E-state index in [1.165, 1.54) is 23.5 Å². The average molecular weight is 513 g/mol. The van der Waals surface area contributed by atoms with Crippen LogP contribution in [0.4, 0.5) is 5.69 Å². The predicted molar refractivity (Wildman–Crippen MR) is 132 cm³/mol. The lowest BCUT2D eigenvalue weighted by molar-refractivity contribution is -0.384. The lowest BCUT2D eigenvalue weighted by Crippen LogP contribution is -2.30. The second-order valence-corrected chi connectivity index (χ2v) is 9.21. The standard InChI is InChI=1S/C24H18Cl2N4O3S/c25-20-7-2-8-21(26)19(20)11-23-28-22(15-34-23)24(31)29(14-17-5-3-9-27-12-17)13-16-4-1-6-18(10-16)30(32)33/h1-10,12,15H,11,13-14H2.